The van der Waals surface area contributed by atoms with Crippen LogP contribution in [-0.4, -0.2) is 101 Å². The van der Waals surface area contributed by atoms with Gasteiger partial charge in [0.15, 0.2) is 5.78 Å². The maximum Gasteiger partial charge on any atom is 1.00 e. The Morgan fingerprint density at radius 3 is 2.22 bits per heavy atom. The van der Waals surface area contributed by atoms with Crippen LogP contribution in [0.5, 0.6) is 0 Å². The van der Waals surface area contributed by atoms with Crippen molar-refractivity contribution in [3.63, 3.8) is 0 Å². The monoisotopic (exact) mass is 614 g/mol. The summed E-state index contributed by atoms with van der Waals surface area (Å²) in [6.07, 6.45) is -1.54. The molecule has 0 saturated carbocycles. The Labute approximate surface area is 261 Å². The topological polar surface area (TPSA) is 221 Å². The zero-order chi connectivity index (χ0) is 30.6. The Bertz CT molecular complexity index is 1100. The molecule has 17 heteroatoms. The molecule has 228 valence electrons. The number of aliphatic hydroxyl groups excluding tert-OH is 1. The first-order chi connectivity index (χ1) is 18.2. The van der Waals surface area contributed by atoms with Gasteiger partial charge in [-0.2, -0.15) is 0 Å². The van der Waals surface area contributed by atoms with E-state index < -0.39 is 74.5 Å². The van der Waals surface area contributed by atoms with Crippen LogP contribution in [0, 0.1) is 11.8 Å². The van der Waals surface area contributed by atoms with Crippen molar-refractivity contribution in [1.29, 1.82) is 0 Å². The van der Waals surface area contributed by atoms with Crippen molar-refractivity contribution in [3.8, 4) is 0 Å². The zero-order valence-corrected chi connectivity index (χ0v) is 27.3. The third-order valence-corrected chi connectivity index (χ3v) is 7.00. The van der Waals surface area contributed by atoms with Crippen molar-refractivity contribution in [1.82, 2.24) is 20.9 Å². The van der Waals surface area contributed by atoms with Gasteiger partial charge in [-0.25, -0.2) is 18.0 Å². The number of rotatable bonds is 11. The number of hydrogen-bond acceptors (Lipinski definition) is 11. The normalized spacial score (nSPS) is 20.5. The van der Waals surface area contributed by atoms with Crippen LogP contribution < -0.4 is 45.5 Å². The largest absolute Gasteiger partial charge is 1.00 e. The second-order valence-corrected chi connectivity index (χ2v) is 13.3. The van der Waals surface area contributed by atoms with E-state index in [4.69, 9.17) is 9.47 Å². The summed E-state index contributed by atoms with van der Waals surface area (Å²) in [5.74, 6) is -3.74. The van der Waals surface area contributed by atoms with E-state index in [0.29, 0.717) is 6.54 Å². The number of nitrogens with zero attached hydrogens (tertiary/aromatic N) is 1. The summed E-state index contributed by atoms with van der Waals surface area (Å²) in [6.45, 7) is 10.7. The average Bonchev–Trinajstić information content (AvgIpc) is 3.17. The van der Waals surface area contributed by atoms with Crippen molar-refractivity contribution in [2.75, 3.05) is 19.6 Å². The molecule has 2 aliphatic rings. The smallest absolute Gasteiger partial charge is 0.746 e. The summed E-state index contributed by atoms with van der Waals surface area (Å²) in [7, 11) is -5.45. The van der Waals surface area contributed by atoms with E-state index in [1.54, 1.807) is 41.5 Å². The van der Waals surface area contributed by atoms with Crippen molar-refractivity contribution in [2.24, 2.45) is 11.8 Å². The fraction of sp³-hybridized carbons (Fsp3) is 0.792. The molecule has 0 bridgehead atoms. The van der Waals surface area contributed by atoms with Gasteiger partial charge in [-0.15, -0.1) is 0 Å². The molecule has 0 aromatic rings. The van der Waals surface area contributed by atoms with Crippen LogP contribution >= 0.6 is 0 Å². The van der Waals surface area contributed by atoms with Crippen LogP contribution in [0.2, 0.25) is 0 Å². The fourth-order valence-corrected chi connectivity index (χ4v) is 4.82. The molecule has 2 saturated heterocycles. The molecule has 2 rings (SSSR count). The SMILES string of the molecule is CC(C)C[C@H](NC(=O)OC1(C)CN(C(=O)OC(C)(C)C)C1)C(=O)N[C@@H](C[C@H]1CCNC1=O)C(=O)C(O)S(=O)(=O)[O-].[Na+]. The maximum atomic E-state index is 13.2. The molecule has 0 aromatic heterocycles. The van der Waals surface area contributed by atoms with Crippen LogP contribution in [0.1, 0.15) is 60.8 Å². The van der Waals surface area contributed by atoms with Crippen LogP contribution in [-0.2, 0) is 34.0 Å². The van der Waals surface area contributed by atoms with Gasteiger partial charge in [0.25, 0.3) is 0 Å². The van der Waals surface area contributed by atoms with E-state index in [2.05, 4.69) is 16.0 Å². The zero-order valence-electron chi connectivity index (χ0n) is 24.5. The molecule has 2 aliphatic heterocycles. The number of Topliss-reactive ketones (excluding diaryl/α,β-unsaturated/α-hetero) is 1. The molecule has 4 amide bonds. The molecule has 4 N–H and O–H groups in total. The third kappa shape index (κ3) is 11.3. The number of carbonyl (C=O) groups excluding carboxylic acids is 5. The van der Waals surface area contributed by atoms with Crippen LogP contribution in [0.15, 0.2) is 0 Å². The number of likely N-dealkylation sites (tertiary alicyclic amines) is 1. The van der Waals surface area contributed by atoms with Crippen molar-refractivity contribution >= 4 is 39.9 Å². The number of ketones is 1. The first kappa shape index (κ1) is 37.0. The molecule has 2 fully saturated rings. The number of nitrogens with one attached hydrogen (secondary N) is 3. The Morgan fingerprint density at radius 2 is 1.76 bits per heavy atom. The summed E-state index contributed by atoms with van der Waals surface area (Å²) in [5, 5.41) is 17.0. The Hall–Kier alpha value is -1.98. The quantitative estimate of drug-likeness (QED) is 0.133. The molecule has 15 nitrogen and oxygen atoms in total. The molecule has 0 spiro atoms. The van der Waals surface area contributed by atoms with Gasteiger partial charge in [0.2, 0.25) is 17.3 Å². The number of aliphatic hydroxyl groups is 1. The summed E-state index contributed by atoms with van der Waals surface area (Å²) in [6, 6.07) is -2.95. The minimum absolute atomic E-state index is 0. The number of carbonyl (C=O) groups is 5. The summed E-state index contributed by atoms with van der Waals surface area (Å²) in [4.78, 5) is 64.1. The molecule has 0 radical (unpaired) electrons. The molecule has 0 aliphatic carbocycles. The Balaban J connectivity index is 0.00000840. The number of amides is 4. The Kier molecular flexibility index (Phi) is 13.1. The summed E-state index contributed by atoms with van der Waals surface area (Å²) in [5.41, 5.74) is -4.70. The standard InChI is InChI=1S/C24H40N4O11S.Na/c1-13(2)9-16(27-21(33)38-24(6)11-28(12-24)22(34)39-23(3,4)5)19(31)26-15(10-14-7-8-25-18(14)30)17(29)20(32)40(35,36)37;/h13-16,20,32H,7-12H2,1-6H3,(H,25,30)(H,26,31)(H,27,33)(H,35,36,37);/q;+1/p-1/t14-,15+,16+,20?;/m1./s1. The first-order valence-corrected chi connectivity index (χ1v) is 14.4. The summed E-state index contributed by atoms with van der Waals surface area (Å²) < 4.78 is 44.5. The third-order valence-electron chi connectivity index (χ3n) is 6.22. The number of ether oxygens (including phenoxy) is 2. The van der Waals surface area contributed by atoms with Crippen LogP contribution in [0.25, 0.3) is 0 Å². The second kappa shape index (κ2) is 14.5. The second-order valence-electron chi connectivity index (χ2n) is 11.8. The van der Waals surface area contributed by atoms with Crippen molar-refractivity contribution < 1.29 is 81.1 Å². The van der Waals surface area contributed by atoms with Gasteiger partial charge < -0.3 is 40.0 Å². The average molecular weight is 615 g/mol. The van der Waals surface area contributed by atoms with Gasteiger partial charge in [-0.3, -0.25) is 14.4 Å². The minimum Gasteiger partial charge on any atom is -0.746 e. The maximum absolute atomic E-state index is 13.2. The van der Waals surface area contributed by atoms with Gasteiger partial charge in [-0.05, 0) is 52.9 Å². The number of alkyl carbamates (subject to hydrolysis) is 1. The van der Waals surface area contributed by atoms with E-state index in [9.17, 15) is 42.0 Å². The first-order valence-electron chi connectivity index (χ1n) is 12.9. The molecule has 41 heavy (non-hydrogen) atoms. The predicted molar refractivity (Wildman–Crippen MR) is 137 cm³/mol. The number of hydrogen-bond donors (Lipinski definition) is 4. The molecular formula is C24H39N4NaO11S. The molecule has 4 atom stereocenters. The molecule has 0 aromatic carbocycles. The molecule has 1 unspecified atom stereocenters. The summed E-state index contributed by atoms with van der Waals surface area (Å²) >= 11 is 0. The van der Waals surface area contributed by atoms with E-state index in [1.165, 1.54) is 4.90 Å². The van der Waals surface area contributed by atoms with Gasteiger partial charge >= 0.3 is 41.7 Å². The molecular weight excluding hydrogens is 575 g/mol. The predicted octanol–water partition coefficient (Wildman–Crippen LogP) is -3.42. The van der Waals surface area contributed by atoms with Gasteiger partial charge in [0.05, 0.1) is 19.1 Å². The van der Waals surface area contributed by atoms with E-state index in [0.717, 1.165) is 0 Å². The van der Waals surface area contributed by atoms with Crippen molar-refractivity contribution in [2.45, 2.75) is 89.5 Å². The minimum atomic E-state index is -5.45. The van der Waals surface area contributed by atoms with Crippen LogP contribution in [0.4, 0.5) is 9.59 Å². The van der Waals surface area contributed by atoms with E-state index in [-0.39, 0.29) is 67.8 Å². The Morgan fingerprint density at radius 1 is 1.17 bits per heavy atom. The molecule has 2 heterocycles. The van der Waals surface area contributed by atoms with Crippen molar-refractivity contribution in [3.05, 3.63) is 0 Å². The van der Waals surface area contributed by atoms with Gasteiger partial charge in [0, 0.05) is 12.5 Å². The van der Waals surface area contributed by atoms with Crippen LogP contribution in [0.3, 0.4) is 0 Å². The van der Waals surface area contributed by atoms with Gasteiger partial charge in [0.1, 0.15) is 27.4 Å². The van der Waals surface area contributed by atoms with E-state index >= 15 is 0 Å². The van der Waals surface area contributed by atoms with Gasteiger partial charge in [-0.1, -0.05) is 13.8 Å². The fourth-order valence-electron chi connectivity index (χ4n) is 4.37. The van der Waals surface area contributed by atoms with E-state index in [1.807, 2.05) is 0 Å².